The summed E-state index contributed by atoms with van der Waals surface area (Å²) >= 11 is 13.1. The Hall–Kier alpha value is -4.51. The molecule has 0 aliphatic heterocycles. The Kier molecular flexibility index (Phi) is 10.3. The molecular formula is C31H29Cl2N5O5. The number of carbonyl (C=O) groups excluding carboxylic acids is 3. The molecule has 0 aliphatic rings. The molecule has 0 saturated carbocycles. The topological polar surface area (TPSA) is 114 Å². The highest BCUT2D eigenvalue weighted by molar-refractivity contribution is 6.38. The lowest BCUT2D eigenvalue weighted by atomic mass is 10.2. The molecule has 0 aliphatic carbocycles. The van der Waals surface area contributed by atoms with E-state index in [0.29, 0.717) is 38.7 Å². The van der Waals surface area contributed by atoms with E-state index < -0.39 is 11.8 Å². The third kappa shape index (κ3) is 7.66. The van der Waals surface area contributed by atoms with E-state index in [2.05, 4.69) is 15.3 Å². The van der Waals surface area contributed by atoms with Gasteiger partial charge in [0.2, 0.25) is 17.7 Å². The number of hydroxylamine groups is 1. The number of ether oxygens (including phenoxy) is 1. The highest BCUT2D eigenvalue weighted by Gasteiger charge is 2.19. The van der Waals surface area contributed by atoms with Gasteiger partial charge in [0.05, 0.1) is 41.3 Å². The molecule has 222 valence electrons. The van der Waals surface area contributed by atoms with E-state index in [1.165, 1.54) is 25.0 Å². The number of amides is 3. The molecule has 3 amide bonds. The standard InChI is InChI=1S/C31H29Cl2N5O5/c1-19-16-34-25-6-5-7-27(31(25)36-19)43-18-23-24(32)13-14-26(30(23)33)37(3)29(41)17-35-28(40)15-10-21-8-11-22(12-9-21)38(42-4)20(2)39/h5-16H,17-18H2,1-4H3,(H,35,40). The van der Waals surface area contributed by atoms with Gasteiger partial charge in [-0.25, -0.2) is 4.98 Å². The fourth-order valence-corrected chi connectivity index (χ4v) is 4.73. The van der Waals surface area contributed by atoms with Gasteiger partial charge in [-0.05, 0) is 55.0 Å². The van der Waals surface area contributed by atoms with E-state index in [-0.39, 0.29) is 24.1 Å². The number of aromatic nitrogens is 2. The summed E-state index contributed by atoms with van der Waals surface area (Å²) in [4.78, 5) is 52.2. The van der Waals surface area contributed by atoms with E-state index in [1.807, 2.05) is 19.1 Å². The number of nitrogens with zero attached hydrogens (tertiary/aromatic N) is 4. The van der Waals surface area contributed by atoms with E-state index in [4.69, 9.17) is 32.8 Å². The SMILES string of the molecule is CON(C(C)=O)c1ccc(C=CC(=O)NCC(=O)N(C)c2ccc(Cl)c(COc3cccc4ncc(C)nc34)c2Cl)cc1. The summed E-state index contributed by atoms with van der Waals surface area (Å²) in [7, 11) is 2.95. The number of benzene rings is 3. The first-order valence-electron chi connectivity index (χ1n) is 13.1. The summed E-state index contributed by atoms with van der Waals surface area (Å²) in [5.41, 5.74) is 4.23. The molecule has 4 aromatic rings. The van der Waals surface area contributed by atoms with E-state index in [0.717, 1.165) is 16.3 Å². The summed E-state index contributed by atoms with van der Waals surface area (Å²) in [6, 6.07) is 15.5. The molecule has 0 unspecified atom stereocenters. The van der Waals surface area contributed by atoms with Crippen LogP contribution in [0.15, 0.2) is 66.9 Å². The highest BCUT2D eigenvalue weighted by atomic mass is 35.5. The van der Waals surface area contributed by atoms with Crippen molar-refractivity contribution in [2.45, 2.75) is 20.5 Å². The number of hydrogen-bond donors (Lipinski definition) is 1. The van der Waals surface area contributed by atoms with Gasteiger partial charge >= 0.3 is 0 Å². The molecule has 43 heavy (non-hydrogen) atoms. The fraction of sp³-hybridized carbons (Fsp3) is 0.194. The summed E-state index contributed by atoms with van der Waals surface area (Å²) in [5.74, 6) is -0.602. The van der Waals surface area contributed by atoms with Crippen LogP contribution in [-0.2, 0) is 25.8 Å². The average molecular weight is 623 g/mol. The summed E-state index contributed by atoms with van der Waals surface area (Å²) in [5, 5.41) is 4.34. The van der Waals surface area contributed by atoms with Crippen molar-refractivity contribution in [3.63, 3.8) is 0 Å². The van der Waals surface area contributed by atoms with Crippen molar-refractivity contribution in [1.82, 2.24) is 15.3 Å². The zero-order valence-corrected chi connectivity index (χ0v) is 25.4. The Morgan fingerprint density at radius 3 is 2.49 bits per heavy atom. The van der Waals surface area contributed by atoms with Crippen molar-refractivity contribution in [2.75, 3.05) is 30.7 Å². The van der Waals surface area contributed by atoms with Crippen molar-refractivity contribution < 1.29 is 24.0 Å². The van der Waals surface area contributed by atoms with Crippen LogP contribution in [0.4, 0.5) is 11.4 Å². The second kappa shape index (κ2) is 14.1. The van der Waals surface area contributed by atoms with Crippen molar-refractivity contribution >= 4 is 69.4 Å². The van der Waals surface area contributed by atoms with E-state index >= 15 is 0 Å². The van der Waals surface area contributed by atoms with Crippen molar-refractivity contribution in [2.24, 2.45) is 0 Å². The number of likely N-dealkylation sites (N-methyl/N-ethyl adjacent to an activating group) is 1. The normalized spacial score (nSPS) is 11.0. The molecule has 3 aromatic carbocycles. The lowest BCUT2D eigenvalue weighted by Gasteiger charge is -2.21. The third-order valence-electron chi connectivity index (χ3n) is 6.37. The molecule has 0 spiro atoms. The Labute approximate surface area is 258 Å². The predicted molar refractivity (Wildman–Crippen MR) is 167 cm³/mol. The van der Waals surface area contributed by atoms with Crippen molar-refractivity contribution in [3.05, 3.63) is 93.7 Å². The van der Waals surface area contributed by atoms with Gasteiger partial charge in [-0.15, -0.1) is 0 Å². The minimum Gasteiger partial charge on any atom is -0.486 e. The molecule has 1 heterocycles. The molecule has 0 saturated heterocycles. The van der Waals surface area contributed by atoms with Gasteiger partial charge in [-0.3, -0.25) is 24.2 Å². The molecule has 12 heteroatoms. The number of rotatable bonds is 10. The lowest BCUT2D eigenvalue weighted by molar-refractivity contribution is -0.122. The number of para-hydroxylation sites is 1. The van der Waals surface area contributed by atoms with Gasteiger partial charge in [0, 0.05) is 36.8 Å². The van der Waals surface area contributed by atoms with Crippen LogP contribution < -0.4 is 20.0 Å². The minimum atomic E-state index is -0.460. The van der Waals surface area contributed by atoms with Crippen molar-refractivity contribution in [1.29, 1.82) is 0 Å². The van der Waals surface area contributed by atoms with Gasteiger partial charge in [0.1, 0.15) is 17.9 Å². The number of anilines is 2. The molecule has 1 N–H and O–H groups in total. The Balaban J connectivity index is 1.38. The molecule has 1 aromatic heterocycles. The van der Waals surface area contributed by atoms with Crippen LogP contribution in [0.3, 0.4) is 0 Å². The molecule has 0 radical (unpaired) electrons. The fourth-order valence-electron chi connectivity index (χ4n) is 4.12. The number of hydrogen-bond acceptors (Lipinski definition) is 7. The van der Waals surface area contributed by atoms with Crippen LogP contribution in [-0.4, -0.2) is 48.4 Å². The van der Waals surface area contributed by atoms with Crippen molar-refractivity contribution in [3.8, 4) is 5.75 Å². The first-order valence-corrected chi connectivity index (χ1v) is 13.8. The summed E-state index contributed by atoms with van der Waals surface area (Å²) in [6.45, 7) is 3.00. The quantitative estimate of drug-likeness (QED) is 0.183. The Bertz CT molecular complexity index is 1690. The first kappa shape index (κ1) is 31.4. The first-order chi connectivity index (χ1) is 20.6. The zero-order valence-electron chi connectivity index (χ0n) is 23.9. The Morgan fingerprint density at radius 1 is 1.05 bits per heavy atom. The van der Waals surface area contributed by atoms with Crippen LogP contribution in [0.25, 0.3) is 17.1 Å². The largest absolute Gasteiger partial charge is 0.486 e. The smallest absolute Gasteiger partial charge is 0.247 e. The lowest BCUT2D eigenvalue weighted by Crippen LogP contribution is -2.37. The third-order valence-corrected chi connectivity index (χ3v) is 7.14. The maximum absolute atomic E-state index is 12.9. The number of carbonyl (C=O) groups is 3. The minimum absolute atomic E-state index is 0.0308. The van der Waals surface area contributed by atoms with Crippen LogP contribution >= 0.6 is 23.2 Å². The number of halogens is 2. The molecule has 0 fully saturated rings. The zero-order chi connectivity index (χ0) is 31.1. The monoisotopic (exact) mass is 621 g/mol. The van der Waals surface area contributed by atoms with Gasteiger partial charge in [-0.2, -0.15) is 5.06 Å². The van der Waals surface area contributed by atoms with Gasteiger partial charge in [-0.1, -0.05) is 41.4 Å². The molecule has 10 nitrogen and oxygen atoms in total. The summed E-state index contributed by atoms with van der Waals surface area (Å²) in [6.07, 6.45) is 4.58. The van der Waals surface area contributed by atoms with Crippen LogP contribution in [0.1, 0.15) is 23.7 Å². The highest BCUT2D eigenvalue weighted by Crippen LogP contribution is 2.35. The van der Waals surface area contributed by atoms with Crippen LogP contribution in [0, 0.1) is 6.92 Å². The molecular weight excluding hydrogens is 593 g/mol. The Morgan fingerprint density at radius 2 is 1.79 bits per heavy atom. The molecule has 4 rings (SSSR count). The number of nitrogens with one attached hydrogen (secondary N) is 1. The van der Waals surface area contributed by atoms with Crippen LogP contribution in [0.5, 0.6) is 5.75 Å². The number of aryl methyl sites for hydroxylation is 1. The number of fused-ring (bicyclic) bond motifs is 1. The second-order valence-corrected chi connectivity index (χ2v) is 10.2. The maximum atomic E-state index is 12.9. The van der Waals surface area contributed by atoms with Crippen LogP contribution in [0.2, 0.25) is 10.0 Å². The van der Waals surface area contributed by atoms with E-state index in [9.17, 15) is 14.4 Å². The van der Waals surface area contributed by atoms with Gasteiger partial charge in [0.15, 0.2) is 0 Å². The molecule has 0 atom stereocenters. The molecule has 0 bridgehead atoms. The van der Waals surface area contributed by atoms with E-state index in [1.54, 1.807) is 61.8 Å². The van der Waals surface area contributed by atoms with Gasteiger partial charge in [0.25, 0.3) is 0 Å². The summed E-state index contributed by atoms with van der Waals surface area (Å²) < 4.78 is 6.03. The predicted octanol–water partition coefficient (Wildman–Crippen LogP) is 5.53. The second-order valence-electron chi connectivity index (χ2n) is 9.37. The maximum Gasteiger partial charge on any atom is 0.247 e. The van der Waals surface area contributed by atoms with Gasteiger partial charge < -0.3 is 15.0 Å². The average Bonchev–Trinajstić information content (AvgIpc) is 2.99.